The zero-order chi connectivity index (χ0) is 10.8. The first kappa shape index (κ1) is 11.4. The molecule has 0 fully saturated rings. The molecule has 0 N–H and O–H groups in total. The fourth-order valence-corrected chi connectivity index (χ4v) is 3.79. The Morgan fingerprint density at radius 1 is 1.33 bits per heavy atom. The van der Waals surface area contributed by atoms with Gasteiger partial charge in [-0.05, 0) is 52.0 Å². The lowest BCUT2D eigenvalue weighted by atomic mass is 10.3. The van der Waals surface area contributed by atoms with E-state index in [2.05, 4.69) is 46.5 Å². The van der Waals surface area contributed by atoms with Crippen molar-refractivity contribution in [2.24, 2.45) is 0 Å². The van der Waals surface area contributed by atoms with Crippen LogP contribution in [0.4, 0.5) is 0 Å². The van der Waals surface area contributed by atoms with Crippen LogP contribution in [0.3, 0.4) is 0 Å². The van der Waals surface area contributed by atoms with E-state index in [1.165, 1.54) is 10.4 Å². The van der Waals surface area contributed by atoms with Crippen molar-refractivity contribution in [3.8, 4) is 0 Å². The molecule has 0 aromatic carbocycles. The van der Waals surface area contributed by atoms with E-state index in [-0.39, 0.29) is 0 Å². The Kier molecular flexibility index (Phi) is 3.67. The van der Waals surface area contributed by atoms with E-state index in [1.54, 1.807) is 22.7 Å². The Morgan fingerprint density at radius 2 is 2.13 bits per heavy atom. The number of hydrogen-bond donors (Lipinski definition) is 0. The molecule has 2 heterocycles. The van der Waals surface area contributed by atoms with Crippen molar-refractivity contribution in [2.75, 3.05) is 0 Å². The standard InChI is InChI=1S/C11H8BrClS2/c1-7-4-8(6-14-7)2-3-10-9(12)5-11(13)15-10/h2-6H,1H3/b3-2-. The molecule has 0 aliphatic carbocycles. The zero-order valence-electron chi connectivity index (χ0n) is 7.96. The summed E-state index contributed by atoms with van der Waals surface area (Å²) in [4.78, 5) is 2.49. The van der Waals surface area contributed by atoms with Gasteiger partial charge in [-0.1, -0.05) is 17.7 Å². The van der Waals surface area contributed by atoms with Crippen LogP contribution >= 0.6 is 50.2 Å². The van der Waals surface area contributed by atoms with Gasteiger partial charge in [0.1, 0.15) is 0 Å². The van der Waals surface area contributed by atoms with Gasteiger partial charge >= 0.3 is 0 Å². The quantitative estimate of drug-likeness (QED) is 0.665. The summed E-state index contributed by atoms with van der Waals surface area (Å²) < 4.78 is 1.86. The van der Waals surface area contributed by atoms with Crippen molar-refractivity contribution >= 4 is 62.4 Å². The molecule has 4 heteroatoms. The van der Waals surface area contributed by atoms with Gasteiger partial charge < -0.3 is 0 Å². The van der Waals surface area contributed by atoms with Crippen LogP contribution < -0.4 is 0 Å². The molecule has 0 aliphatic rings. The van der Waals surface area contributed by atoms with E-state index < -0.39 is 0 Å². The van der Waals surface area contributed by atoms with Crippen molar-refractivity contribution in [3.63, 3.8) is 0 Å². The Morgan fingerprint density at radius 3 is 2.67 bits per heavy atom. The van der Waals surface area contributed by atoms with E-state index in [1.807, 2.05) is 6.07 Å². The van der Waals surface area contributed by atoms with Crippen molar-refractivity contribution in [3.05, 3.63) is 41.6 Å². The second-order valence-electron chi connectivity index (χ2n) is 3.09. The van der Waals surface area contributed by atoms with Crippen LogP contribution in [-0.4, -0.2) is 0 Å². The van der Waals surface area contributed by atoms with Gasteiger partial charge in [-0.2, -0.15) is 0 Å². The maximum absolute atomic E-state index is 5.91. The molecule has 2 aromatic heterocycles. The molecule has 0 saturated heterocycles. The van der Waals surface area contributed by atoms with Gasteiger partial charge in [0, 0.05) is 14.2 Å². The van der Waals surface area contributed by atoms with Crippen LogP contribution in [0.5, 0.6) is 0 Å². The number of hydrogen-bond acceptors (Lipinski definition) is 2. The molecule has 0 radical (unpaired) electrons. The van der Waals surface area contributed by atoms with E-state index in [9.17, 15) is 0 Å². The molecule has 0 bridgehead atoms. The van der Waals surface area contributed by atoms with Crippen molar-refractivity contribution in [2.45, 2.75) is 6.92 Å². The van der Waals surface area contributed by atoms with Crippen molar-refractivity contribution in [1.82, 2.24) is 0 Å². The first-order valence-corrected chi connectivity index (χ1v) is 7.20. The average molecular weight is 320 g/mol. The molecule has 0 amide bonds. The van der Waals surface area contributed by atoms with Gasteiger partial charge in [-0.25, -0.2) is 0 Å². The molecular formula is C11H8BrClS2. The molecule has 0 saturated carbocycles. The van der Waals surface area contributed by atoms with Gasteiger partial charge in [0.05, 0.1) is 4.34 Å². The predicted octanol–water partition coefficient (Wildman–Crippen LogP) is 5.70. The largest absolute Gasteiger partial charge is 0.149 e. The molecule has 15 heavy (non-hydrogen) atoms. The lowest BCUT2D eigenvalue weighted by molar-refractivity contribution is 1.63. The number of aryl methyl sites for hydroxylation is 1. The summed E-state index contributed by atoms with van der Waals surface area (Å²) in [7, 11) is 0. The molecule has 2 rings (SSSR count). The first-order chi connectivity index (χ1) is 7.15. The Balaban J connectivity index is 2.21. The summed E-state index contributed by atoms with van der Waals surface area (Å²) >= 11 is 12.7. The Hall–Kier alpha value is -0.0900. The molecule has 0 unspecified atom stereocenters. The number of rotatable bonds is 2. The second kappa shape index (κ2) is 4.83. The lowest BCUT2D eigenvalue weighted by Crippen LogP contribution is -1.63. The summed E-state index contributed by atoms with van der Waals surface area (Å²) in [6.07, 6.45) is 4.19. The summed E-state index contributed by atoms with van der Waals surface area (Å²) in [6.45, 7) is 2.11. The highest BCUT2D eigenvalue weighted by Crippen LogP contribution is 2.32. The Labute approximate surface area is 110 Å². The summed E-state index contributed by atoms with van der Waals surface area (Å²) in [6, 6.07) is 4.09. The molecule has 78 valence electrons. The van der Waals surface area contributed by atoms with Crippen molar-refractivity contribution < 1.29 is 0 Å². The fourth-order valence-electron chi connectivity index (χ4n) is 1.19. The van der Waals surface area contributed by atoms with E-state index >= 15 is 0 Å². The average Bonchev–Trinajstić information content (AvgIpc) is 2.70. The van der Waals surface area contributed by atoms with Crippen LogP contribution in [0.25, 0.3) is 12.2 Å². The third-order valence-electron chi connectivity index (χ3n) is 1.86. The number of thiophene rings is 2. The third-order valence-corrected chi connectivity index (χ3v) is 4.89. The van der Waals surface area contributed by atoms with Crippen LogP contribution in [0, 0.1) is 6.92 Å². The monoisotopic (exact) mass is 318 g/mol. The van der Waals surface area contributed by atoms with E-state index in [0.717, 1.165) is 13.7 Å². The normalized spacial score (nSPS) is 11.4. The van der Waals surface area contributed by atoms with Gasteiger partial charge in [0.15, 0.2) is 0 Å². The van der Waals surface area contributed by atoms with Crippen LogP contribution in [0.1, 0.15) is 15.3 Å². The molecular weight excluding hydrogens is 312 g/mol. The van der Waals surface area contributed by atoms with Crippen molar-refractivity contribution in [1.29, 1.82) is 0 Å². The predicted molar refractivity (Wildman–Crippen MR) is 75.0 cm³/mol. The summed E-state index contributed by atoms with van der Waals surface area (Å²) in [5.74, 6) is 0. The minimum Gasteiger partial charge on any atom is -0.149 e. The van der Waals surface area contributed by atoms with E-state index in [0.29, 0.717) is 0 Å². The van der Waals surface area contributed by atoms with Gasteiger partial charge in [-0.3, -0.25) is 0 Å². The molecule has 0 nitrogen and oxygen atoms in total. The summed E-state index contributed by atoms with van der Waals surface area (Å²) in [5.41, 5.74) is 1.24. The third kappa shape index (κ3) is 2.94. The second-order valence-corrected chi connectivity index (χ2v) is 6.77. The highest BCUT2D eigenvalue weighted by molar-refractivity contribution is 9.10. The molecule has 2 aromatic rings. The summed E-state index contributed by atoms with van der Waals surface area (Å²) in [5, 5.41) is 2.15. The Bertz CT molecular complexity index is 496. The van der Waals surface area contributed by atoms with Crippen LogP contribution in [-0.2, 0) is 0 Å². The minimum atomic E-state index is 0.808. The highest BCUT2D eigenvalue weighted by atomic mass is 79.9. The molecule has 0 spiro atoms. The SMILES string of the molecule is Cc1cc(/C=C\c2sc(Cl)cc2Br)cs1. The van der Waals surface area contributed by atoms with E-state index in [4.69, 9.17) is 11.6 Å². The van der Waals surface area contributed by atoms with Crippen LogP contribution in [0.15, 0.2) is 22.0 Å². The molecule has 0 aliphatic heterocycles. The lowest BCUT2D eigenvalue weighted by Gasteiger charge is -1.86. The topological polar surface area (TPSA) is 0 Å². The maximum atomic E-state index is 5.91. The zero-order valence-corrected chi connectivity index (χ0v) is 11.9. The van der Waals surface area contributed by atoms with Gasteiger partial charge in [0.2, 0.25) is 0 Å². The smallest absolute Gasteiger partial charge is 0.0946 e. The maximum Gasteiger partial charge on any atom is 0.0946 e. The molecule has 0 atom stereocenters. The number of halogens is 2. The first-order valence-electron chi connectivity index (χ1n) is 4.33. The van der Waals surface area contributed by atoms with Gasteiger partial charge in [-0.15, -0.1) is 22.7 Å². The fraction of sp³-hybridized carbons (Fsp3) is 0.0909. The van der Waals surface area contributed by atoms with Gasteiger partial charge in [0.25, 0.3) is 0 Å². The van der Waals surface area contributed by atoms with Crippen LogP contribution in [0.2, 0.25) is 4.34 Å². The highest BCUT2D eigenvalue weighted by Gasteiger charge is 2.01. The minimum absolute atomic E-state index is 0.808.